The molecule has 0 spiro atoms. The number of methoxy groups -OCH3 is 1. The van der Waals surface area contributed by atoms with Crippen LogP contribution in [0.25, 0.3) is 5.69 Å². The molecule has 0 radical (unpaired) electrons. The largest absolute Gasteiger partial charge is 0.497 e. The van der Waals surface area contributed by atoms with E-state index >= 15 is 0 Å². The second-order valence-electron chi connectivity index (χ2n) is 6.94. The van der Waals surface area contributed by atoms with Crippen LogP contribution < -0.4 is 15.4 Å². The highest BCUT2D eigenvalue weighted by molar-refractivity contribution is 5.89. The summed E-state index contributed by atoms with van der Waals surface area (Å²) < 4.78 is 7.11. The molecule has 1 atom stereocenters. The van der Waals surface area contributed by atoms with Gasteiger partial charge in [-0.05, 0) is 69.2 Å². The van der Waals surface area contributed by atoms with Crippen LogP contribution in [0.5, 0.6) is 5.75 Å². The standard InChI is InChI=1S/C22H26N4O2/c1-15(12-18-7-5-10-21(13-18)28-4)23-22(27)24-19-8-6-9-20(14-19)26-17(3)11-16(2)25-26/h5-11,13-15H,12H2,1-4H3,(H2,23,24,27). The predicted octanol–water partition coefficient (Wildman–Crippen LogP) is 4.25. The fraction of sp³-hybridized carbons (Fsp3) is 0.273. The van der Waals surface area contributed by atoms with Crippen LogP contribution in [0.4, 0.5) is 10.5 Å². The fourth-order valence-corrected chi connectivity index (χ4v) is 3.20. The quantitative estimate of drug-likeness (QED) is 0.674. The first-order valence-electron chi connectivity index (χ1n) is 9.29. The molecule has 0 aliphatic heterocycles. The van der Waals surface area contributed by atoms with Crippen LogP contribution >= 0.6 is 0 Å². The molecule has 1 heterocycles. The van der Waals surface area contributed by atoms with E-state index in [-0.39, 0.29) is 12.1 Å². The maximum absolute atomic E-state index is 12.4. The van der Waals surface area contributed by atoms with Crippen molar-refractivity contribution in [2.75, 3.05) is 12.4 Å². The number of benzene rings is 2. The number of amides is 2. The van der Waals surface area contributed by atoms with Crippen molar-refractivity contribution >= 4 is 11.7 Å². The number of urea groups is 1. The minimum absolute atomic E-state index is 0.0219. The topological polar surface area (TPSA) is 68.2 Å². The number of rotatable bonds is 6. The Morgan fingerprint density at radius 2 is 1.93 bits per heavy atom. The molecule has 1 unspecified atom stereocenters. The molecule has 3 aromatic rings. The summed E-state index contributed by atoms with van der Waals surface area (Å²) in [7, 11) is 1.65. The number of carbonyl (C=O) groups is 1. The van der Waals surface area contributed by atoms with Crippen molar-refractivity contribution in [2.45, 2.75) is 33.2 Å². The first-order chi connectivity index (χ1) is 13.4. The summed E-state index contributed by atoms with van der Waals surface area (Å²) in [6.45, 7) is 5.95. The molecule has 146 valence electrons. The number of carbonyl (C=O) groups excluding carboxylic acids is 1. The first-order valence-corrected chi connectivity index (χ1v) is 9.29. The molecule has 6 nitrogen and oxygen atoms in total. The maximum Gasteiger partial charge on any atom is 0.319 e. The van der Waals surface area contributed by atoms with Crippen LogP contribution in [0.15, 0.2) is 54.6 Å². The smallest absolute Gasteiger partial charge is 0.319 e. The summed E-state index contributed by atoms with van der Waals surface area (Å²) in [6.07, 6.45) is 0.719. The molecule has 0 aliphatic carbocycles. The average molecular weight is 378 g/mol. The lowest BCUT2D eigenvalue weighted by molar-refractivity contribution is 0.249. The third-order valence-corrected chi connectivity index (χ3v) is 4.41. The maximum atomic E-state index is 12.4. The van der Waals surface area contributed by atoms with Crippen LogP contribution in [0.3, 0.4) is 0 Å². The predicted molar refractivity (Wildman–Crippen MR) is 111 cm³/mol. The third kappa shape index (κ3) is 4.91. The number of hydrogen-bond acceptors (Lipinski definition) is 3. The van der Waals surface area contributed by atoms with Gasteiger partial charge in [-0.3, -0.25) is 0 Å². The zero-order valence-corrected chi connectivity index (χ0v) is 16.7. The lowest BCUT2D eigenvalue weighted by Gasteiger charge is -2.16. The zero-order valence-electron chi connectivity index (χ0n) is 16.7. The lowest BCUT2D eigenvalue weighted by Crippen LogP contribution is -2.37. The van der Waals surface area contributed by atoms with Crippen LogP contribution in [0, 0.1) is 13.8 Å². The van der Waals surface area contributed by atoms with Crippen molar-refractivity contribution in [3.63, 3.8) is 0 Å². The van der Waals surface area contributed by atoms with E-state index < -0.39 is 0 Å². The summed E-state index contributed by atoms with van der Waals surface area (Å²) in [5.41, 5.74) is 4.74. The Balaban J connectivity index is 1.61. The van der Waals surface area contributed by atoms with Crippen LogP contribution in [0.1, 0.15) is 23.9 Å². The van der Waals surface area contributed by atoms with Gasteiger partial charge < -0.3 is 15.4 Å². The number of hydrogen-bond donors (Lipinski definition) is 2. The fourth-order valence-electron chi connectivity index (χ4n) is 3.20. The molecule has 0 bridgehead atoms. The first kappa shape index (κ1) is 19.5. The van der Waals surface area contributed by atoms with E-state index in [1.165, 1.54) is 0 Å². The average Bonchev–Trinajstić information content (AvgIpc) is 3.00. The Labute approximate surface area is 165 Å². The van der Waals surface area contributed by atoms with Gasteiger partial charge in [-0.2, -0.15) is 5.10 Å². The van der Waals surface area contributed by atoms with Gasteiger partial charge in [0.15, 0.2) is 0 Å². The van der Waals surface area contributed by atoms with E-state index in [1.807, 2.05) is 80.1 Å². The minimum Gasteiger partial charge on any atom is -0.497 e. The summed E-state index contributed by atoms with van der Waals surface area (Å²) in [5, 5.41) is 10.4. The number of aromatic nitrogens is 2. The number of ether oxygens (including phenoxy) is 1. The molecular weight excluding hydrogens is 352 g/mol. The Kier molecular flexibility index (Phi) is 5.99. The summed E-state index contributed by atoms with van der Waals surface area (Å²) in [4.78, 5) is 12.4. The molecule has 0 fully saturated rings. The monoisotopic (exact) mass is 378 g/mol. The molecule has 0 aliphatic rings. The Bertz CT molecular complexity index is 965. The van der Waals surface area contributed by atoms with Gasteiger partial charge in [-0.25, -0.2) is 9.48 Å². The van der Waals surface area contributed by atoms with Crippen molar-refractivity contribution in [3.8, 4) is 11.4 Å². The summed E-state index contributed by atoms with van der Waals surface area (Å²) >= 11 is 0. The second kappa shape index (κ2) is 8.61. The van der Waals surface area contributed by atoms with Crippen LogP contribution in [0.2, 0.25) is 0 Å². The van der Waals surface area contributed by atoms with E-state index in [1.54, 1.807) is 7.11 Å². The van der Waals surface area contributed by atoms with Gasteiger partial charge in [0.25, 0.3) is 0 Å². The highest BCUT2D eigenvalue weighted by atomic mass is 16.5. The highest BCUT2D eigenvalue weighted by Gasteiger charge is 2.10. The Morgan fingerprint density at radius 3 is 2.64 bits per heavy atom. The van der Waals surface area contributed by atoms with Gasteiger partial charge >= 0.3 is 6.03 Å². The van der Waals surface area contributed by atoms with Crippen molar-refractivity contribution in [1.29, 1.82) is 0 Å². The molecule has 3 rings (SSSR count). The highest BCUT2D eigenvalue weighted by Crippen LogP contribution is 2.17. The normalized spacial score (nSPS) is 11.7. The Hall–Kier alpha value is -3.28. The molecule has 28 heavy (non-hydrogen) atoms. The number of nitrogens with one attached hydrogen (secondary N) is 2. The van der Waals surface area contributed by atoms with Crippen LogP contribution in [-0.4, -0.2) is 29.0 Å². The Morgan fingerprint density at radius 1 is 1.14 bits per heavy atom. The molecule has 2 aromatic carbocycles. The third-order valence-electron chi connectivity index (χ3n) is 4.41. The summed E-state index contributed by atoms with van der Waals surface area (Å²) in [5.74, 6) is 0.815. The van der Waals surface area contributed by atoms with Crippen molar-refractivity contribution < 1.29 is 9.53 Å². The van der Waals surface area contributed by atoms with Gasteiger partial charge in [0.1, 0.15) is 5.75 Å². The van der Waals surface area contributed by atoms with Gasteiger partial charge in [-0.15, -0.1) is 0 Å². The van der Waals surface area contributed by atoms with Gasteiger partial charge in [0.2, 0.25) is 0 Å². The molecule has 0 saturated carbocycles. The SMILES string of the molecule is COc1cccc(CC(C)NC(=O)Nc2cccc(-n3nc(C)cc3C)c2)c1. The molecule has 2 amide bonds. The molecular formula is C22H26N4O2. The molecule has 0 saturated heterocycles. The second-order valence-corrected chi connectivity index (χ2v) is 6.94. The van der Waals surface area contributed by atoms with E-state index in [9.17, 15) is 4.79 Å². The van der Waals surface area contributed by atoms with E-state index in [0.717, 1.165) is 40.5 Å². The van der Waals surface area contributed by atoms with Gasteiger partial charge in [0.05, 0.1) is 18.5 Å². The zero-order chi connectivity index (χ0) is 20.1. The van der Waals surface area contributed by atoms with E-state index in [2.05, 4.69) is 15.7 Å². The van der Waals surface area contributed by atoms with Gasteiger partial charge in [0, 0.05) is 17.4 Å². The van der Waals surface area contributed by atoms with Crippen LogP contribution in [-0.2, 0) is 6.42 Å². The van der Waals surface area contributed by atoms with Crippen molar-refractivity contribution in [3.05, 3.63) is 71.5 Å². The van der Waals surface area contributed by atoms with Gasteiger partial charge in [-0.1, -0.05) is 18.2 Å². The lowest BCUT2D eigenvalue weighted by atomic mass is 10.1. The molecule has 2 N–H and O–H groups in total. The number of nitrogens with zero attached hydrogens (tertiary/aromatic N) is 2. The van der Waals surface area contributed by atoms with Crippen molar-refractivity contribution in [1.82, 2.24) is 15.1 Å². The molecule has 1 aromatic heterocycles. The van der Waals surface area contributed by atoms with Crippen molar-refractivity contribution in [2.24, 2.45) is 0 Å². The molecule has 6 heteroatoms. The number of aryl methyl sites for hydroxylation is 2. The minimum atomic E-state index is -0.235. The van der Waals surface area contributed by atoms with E-state index in [4.69, 9.17) is 4.74 Å². The summed E-state index contributed by atoms with van der Waals surface area (Å²) in [6, 6.07) is 17.3. The van der Waals surface area contributed by atoms with E-state index in [0.29, 0.717) is 0 Å². The number of anilines is 1.